The molecule has 1 fully saturated rings. The molecule has 0 N–H and O–H groups in total. The molecular formula is C20H24N2O4. The highest BCUT2D eigenvalue weighted by Gasteiger charge is 2.37. The van der Waals surface area contributed by atoms with E-state index in [0.29, 0.717) is 13.1 Å². The van der Waals surface area contributed by atoms with Crippen molar-refractivity contribution in [2.75, 3.05) is 20.7 Å². The molecule has 2 atom stereocenters. The molecule has 0 aliphatic carbocycles. The maximum absolute atomic E-state index is 12.9. The molecule has 0 saturated carbocycles. The predicted octanol–water partition coefficient (Wildman–Crippen LogP) is 2.86. The van der Waals surface area contributed by atoms with Gasteiger partial charge in [-0.05, 0) is 25.1 Å². The van der Waals surface area contributed by atoms with E-state index in [1.165, 1.54) is 0 Å². The number of nitrogens with zero attached hydrogens (tertiary/aromatic N) is 2. The molecule has 6 heteroatoms. The summed E-state index contributed by atoms with van der Waals surface area (Å²) in [4.78, 5) is 28.6. The van der Waals surface area contributed by atoms with Crippen LogP contribution in [-0.4, -0.2) is 42.3 Å². The zero-order valence-corrected chi connectivity index (χ0v) is 15.3. The number of benzene rings is 1. The van der Waals surface area contributed by atoms with Crippen molar-refractivity contribution < 1.29 is 18.7 Å². The Hall–Kier alpha value is -2.76. The molecule has 1 aliphatic heterocycles. The Labute approximate surface area is 153 Å². The lowest BCUT2D eigenvalue weighted by molar-refractivity contribution is -0.136. The van der Waals surface area contributed by atoms with Crippen LogP contribution in [0, 0.1) is 5.92 Å². The van der Waals surface area contributed by atoms with E-state index in [1.54, 1.807) is 36.3 Å². The van der Waals surface area contributed by atoms with E-state index in [4.69, 9.17) is 9.15 Å². The summed E-state index contributed by atoms with van der Waals surface area (Å²) in [5, 5.41) is 0. The van der Waals surface area contributed by atoms with Gasteiger partial charge in [-0.15, -0.1) is 0 Å². The molecule has 1 saturated heterocycles. The van der Waals surface area contributed by atoms with E-state index < -0.39 is 0 Å². The lowest BCUT2D eigenvalue weighted by Crippen LogP contribution is -2.36. The Bertz CT molecular complexity index is 772. The van der Waals surface area contributed by atoms with E-state index >= 15 is 0 Å². The summed E-state index contributed by atoms with van der Waals surface area (Å²) >= 11 is 0. The number of carbonyl (C=O) groups excluding carboxylic acids is 2. The standard InChI is InChI=1S/C20H24N2O4/c1-14(17-8-4-5-9-18(17)25-3)21(2)20(24)15-11-19(23)22(12-15)13-16-7-6-10-26-16/h4-10,14-15H,11-13H2,1-3H3. The Kier molecular flexibility index (Phi) is 5.30. The van der Waals surface area contributed by atoms with Gasteiger partial charge in [0, 0.05) is 25.6 Å². The van der Waals surface area contributed by atoms with Gasteiger partial charge in [0.1, 0.15) is 11.5 Å². The minimum Gasteiger partial charge on any atom is -0.496 e. The number of furan rings is 1. The summed E-state index contributed by atoms with van der Waals surface area (Å²) in [5.74, 6) is 1.10. The maximum Gasteiger partial charge on any atom is 0.228 e. The van der Waals surface area contributed by atoms with Crippen molar-refractivity contribution in [3.63, 3.8) is 0 Å². The number of methoxy groups -OCH3 is 1. The molecule has 138 valence electrons. The highest BCUT2D eigenvalue weighted by atomic mass is 16.5. The second-order valence-electron chi connectivity index (χ2n) is 6.62. The zero-order chi connectivity index (χ0) is 18.7. The summed E-state index contributed by atoms with van der Waals surface area (Å²) in [7, 11) is 3.40. The van der Waals surface area contributed by atoms with Crippen molar-refractivity contribution in [3.8, 4) is 5.75 Å². The monoisotopic (exact) mass is 356 g/mol. The lowest BCUT2D eigenvalue weighted by atomic mass is 10.0. The Morgan fingerprint density at radius 3 is 2.81 bits per heavy atom. The first-order chi connectivity index (χ1) is 12.5. The van der Waals surface area contributed by atoms with Gasteiger partial charge in [0.25, 0.3) is 0 Å². The Morgan fingerprint density at radius 1 is 1.35 bits per heavy atom. The highest BCUT2D eigenvalue weighted by molar-refractivity contribution is 5.89. The second-order valence-corrected chi connectivity index (χ2v) is 6.62. The SMILES string of the molecule is COc1ccccc1C(C)N(C)C(=O)C1CC(=O)N(Cc2ccco2)C1. The van der Waals surface area contributed by atoms with Crippen LogP contribution in [0.2, 0.25) is 0 Å². The molecular weight excluding hydrogens is 332 g/mol. The summed E-state index contributed by atoms with van der Waals surface area (Å²) in [6, 6.07) is 11.1. The number of hydrogen-bond acceptors (Lipinski definition) is 4. The van der Waals surface area contributed by atoms with Gasteiger partial charge in [0.05, 0.1) is 31.9 Å². The van der Waals surface area contributed by atoms with Crippen molar-refractivity contribution in [2.24, 2.45) is 5.92 Å². The third-order valence-corrected chi connectivity index (χ3v) is 5.01. The Morgan fingerprint density at radius 2 is 2.12 bits per heavy atom. The molecule has 1 aromatic heterocycles. The predicted molar refractivity (Wildman–Crippen MR) is 96.4 cm³/mol. The van der Waals surface area contributed by atoms with Crippen molar-refractivity contribution in [2.45, 2.75) is 25.9 Å². The molecule has 1 aromatic carbocycles. The van der Waals surface area contributed by atoms with Crippen LogP contribution in [-0.2, 0) is 16.1 Å². The molecule has 0 spiro atoms. The highest BCUT2D eigenvalue weighted by Crippen LogP contribution is 2.30. The number of ether oxygens (including phenoxy) is 1. The topological polar surface area (TPSA) is 63.0 Å². The van der Waals surface area contributed by atoms with Crippen LogP contribution in [0.5, 0.6) is 5.75 Å². The molecule has 2 unspecified atom stereocenters. The van der Waals surface area contributed by atoms with Gasteiger partial charge in [0.2, 0.25) is 11.8 Å². The summed E-state index contributed by atoms with van der Waals surface area (Å²) in [6.07, 6.45) is 1.82. The van der Waals surface area contributed by atoms with Crippen LogP contribution in [0.15, 0.2) is 47.1 Å². The van der Waals surface area contributed by atoms with Crippen LogP contribution in [0.3, 0.4) is 0 Å². The van der Waals surface area contributed by atoms with Crippen LogP contribution >= 0.6 is 0 Å². The van der Waals surface area contributed by atoms with Gasteiger partial charge in [-0.1, -0.05) is 18.2 Å². The van der Waals surface area contributed by atoms with Crippen LogP contribution in [0.4, 0.5) is 0 Å². The molecule has 2 amide bonds. The fraction of sp³-hybridized carbons (Fsp3) is 0.400. The first kappa shape index (κ1) is 18.0. The smallest absolute Gasteiger partial charge is 0.228 e. The largest absolute Gasteiger partial charge is 0.496 e. The molecule has 3 rings (SSSR count). The number of carbonyl (C=O) groups is 2. The third kappa shape index (κ3) is 3.59. The normalized spacial score (nSPS) is 18.0. The van der Waals surface area contributed by atoms with Crippen LogP contribution in [0.25, 0.3) is 0 Å². The first-order valence-electron chi connectivity index (χ1n) is 8.71. The van der Waals surface area contributed by atoms with E-state index in [2.05, 4.69) is 0 Å². The number of hydrogen-bond donors (Lipinski definition) is 0. The molecule has 0 radical (unpaired) electrons. The quantitative estimate of drug-likeness (QED) is 0.798. The van der Waals surface area contributed by atoms with Gasteiger partial charge in [0.15, 0.2) is 0 Å². The third-order valence-electron chi connectivity index (χ3n) is 5.01. The molecule has 26 heavy (non-hydrogen) atoms. The number of rotatable bonds is 6. The number of para-hydroxylation sites is 1. The van der Waals surface area contributed by atoms with Gasteiger partial charge >= 0.3 is 0 Å². The number of likely N-dealkylation sites (tertiary alicyclic amines) is 1. The van der Waals surface area contributed by atoms with Crippen LogP contribution < -0.4 is 4.74 Å². The van der Waals surface area contributed by atoms with Crippen molar-refractivity contribution in [3.05, 3.63) is 54.0 Å². The molecule has 1 aliphatic rings. The van der Waals surface area contributed by atoms with Crippen molar-refractivity contribution >= 4 is 11.8 Å². The summed E-state index contributed by atoms with van der Waals surface area (Å²) in [6.45, 7) is 2.79. The number of amides is 2. The van der Waals surface area contributed by atoms with E-state index in [1.807, 2.05) is 37.3 Å². The van der Waals surface area contributed by atoms with E-state index in [0.717, 1.165) is 17.1 Å². The fourth-order valence-corrected chi connectivity index (χ4v) is 3.38. The minimum atomic E-state index is -0.334. The molecule has 6 nitrogen and oxygen atoms in total. The first-order valence-corrected chi connectivity index (χ1v) is 8.71. The van der Waals surface area contributed by atoms with Crippen molar-refractivity contribution in [1.29, 1.82) is 0 Å². The molecule has 0 bridgehead atoms. The molecule has 2 heterocycles. The Balaban J connectivity index is 1.67. The van der Waals surface area contributed by atoms with E-state index in [9.17, 15) is 9.59 Å². The second kappa shape index (κ2) is 7.64. The van der Waals surface area contributed by atoms with Gasteiger partial charge in [-0.2, -0.15) is 0 Å². The van der Waals surface area contributed by atoms with Gasteiger partial charge in [-0.25, -0.2) is 0 Å². The zero-order valence-electron chi connectivity index (χ0n) is 15.3. The van der Waals surface area contributed by atoms with Gasteiger partial charge < -0.3 is 19.0 Å². The summed E-state index contributed by atoms with van der Waals surface area (Å²) < 4.78 is 10.7. The van der Waals surface area contributed by atoms with Crippen molar-refractivity contribution in [1.82, 2.24) is 9.80 Å². The van der Waals surface area contributed by atoms with E-state index in [-0.39, 0.29) is 30.2 Å². The molecule has 2 aromatic rings. The fourth-order valence-electron chi connectivity index (χ4n) is 3.38. The average Bonchev–Trinajstić information content (AvgIpc) is 3.30. The maximum atomic E-state index is 12.9. The van der Waals surface area contributed by atoms with Crippen LogP contribution in [0.1, 0.15) is 30.7 Å². The average molecular weight is 356 g/mol. The lowest BCUT2D eigenvalue weighted by Gasteiger charge is -2.28. The van der Waals surface area contributed by atoms with Gasteiger partial charge in [-0.3, -0.25) is 9.59 Å². The minimum absolute atomic E-state index is 0.0157. The summed E-state index contributed by atoms with van der Waals surface area (Å²) in [5.41, 5.74) is 0.947.